The summed E-state index contributed by atoms with van der Waals surface area (Å²) in [4.78, 5) is 22.0. The van der Waals surface area contributed by atoms with Gasteiger partial charge in [-0.25, -0.2) is 4.79 Å². The van der Waals surface area contributed by atoms with Gasteiger partial charge >= 0.3 is 5.76 Å². The minimum atomic E-state index is -0.537. The number of aryl methyl sites for hydroxylation is 1. The summed E-state index contributed by atoms with van der Waals surface area (Å²) in [5.41, 5.74) is 4.21. The van der Waals surface area contributed by atoms with Crippen LogP contribution >= 0.6 is 0 Å². The van der Waals surface area contributed by atoms with E-state index >= 15 is 0 Å². The Kier molecular flexibility index (Phi) is 4.17. The lowest BCUT2D eigenvalue weighted by Crippen LogP contribution is -2.28. The Balaban J connectivity index is 1.88. The molecule has 0 saturated carbocycles. The molecule has 6 heteroatoms. The van der Waals surface area contributed by atoms with Gasteiger partial charge in [0.25, 0.3) is 0 Å². The highest BCUT2D eigenvalue weighted by atomic mass is 16.4. The molecule has 0 unspecified atom stereocenters. The molecule has 1 aromatic heterocycles. The van der Waals surface area contributed by atoms with E-state index in [1.807, 2.05) is 42.5 Å². The second-order valence-electron chi connectivity index (χ2n) is 5.48. The van der Waals surface area contributed by atoms with Crippen LogP contribution in [0.2, 0.25) is 0 Å². The number of nitriles is 1. The normalized spacial score (nSPS) is 11.8. The number of carbonyl (C=O) groups excluding carboxylic acids is 1. The van der Waals surface area contributed by atoms with E-state index in [1.54, 1.807) is 13.1 Å². The van der Waals surface area contributed by atoms with Crippen LogP contribution in [0.4, 0.5) is 0 Å². The van der Waals surface area contributed by atoms with Gasteiger partial charge in [-0.2, -0.15) is 5.26 Å². The summed E-state index contributed by atoms with van der Waals surface area (Å²) in [5, 5.41) is 11.4. The van der Waals surface area contributed by atoms with Gasteiger partial charge in [-0.1, -0.05) is 30.3 Å². The van der Waals surface area contributed by atoms with Crippen molar-refractivity contribution in [2.24, 2.45) is 7.05 Å². The number of hydrogen-bond acceptors (Lipinski definition) is 4. The summed E-state index contributed by atoms with van der Waals surface area (Å²) in [6.07, 6.45) is 0.984. The lowest BCUT2D eigenvalue weighted by atomic mass is 10.0. The lowest BCUT2D eigenvalue weighted by molar-refractivity contribution is -0.109. The van der Waals surface area contributed by atoms with Gasteiger partial charge < -0.3 is 9.73 Å². The minimum absolute atomic E-state index is 0.386. The Morgan fingerprint density at radius 2 is 1.96 bits per heavy atom. The molecule has 1 N–H and O–H groups in total. The van der Waals surface area contributed by atoms with Crippen molar-refractivity contribution in [3.63, 3.8) is 0 Å². The van der Waals surface area contributed by atoms with E-state index in [4.69, 9.17) is 9.68 Å². The topological polar surface area (TPSA) is 88.0 Å². The zero-order valence-electron chi connectivity index (χ0n) is 13.0. The molecule has 0 bridgehead atoms. The highest BCUT2D eigenvalue weighted by Crippen LogP contribution is 2.24. The Morgan fingerprint density at radius 3 is 2.62 bits per heavy atom. The van der Waals surface area contributed by atoms with Crippen molar-refractivity contribution < 1.29 is 9.21 Å². The van der Waals surface area contributed by atoms with E-state index in [1.165, 1.54) is 4.57 Å². The molecule has 24 heavy (non-hydrogen) atoms. The third-order valence-electron chi connectivity index (χ3n) is 3.94. The largest absolute Gasteiger partial charge is 0.419 e. The molecule has 0 saturated heterocycles. The summed E-state index contributed by atoms with van der Waals surface area (Å²) in [5.74, 6) is -0.386. The average molecular weight is 321 g/mol. The van der Waals surface area contributed by atoms with E-state index in [2.05, 4.69) is 5.32 Å². The van der Waals surface area contributed by atoms with Crippen LogP contribution in [-0.4, -0.2) is 17.0 Å². The Hall–Kier alpha value is -3.33. The van der Waals surface area contributed by atoms with Crippen molar-refractivity contribution in [3.05, 3.63) is 58.6 Å². The van der Waals surface area contributed by atoms with Crippen LogP contribution in [0.5, 0.6) is 0 Å². The molecule has 3 aromatic rings. The van der Waals surface area contributed by atoms with Gasteiger partial charge in [0, 0.05) is 13.5 Å². The third kappa shape index (κ3) is 2.92. The SMILES string of the molecule is Cn1c(=O)oc2ccc(-c3ccc(C[C@@H](C#N)NC=O)cc3)cc21. The molecule has 0 aliphatic carbocycles. The van der Waals surface area contributed by atoms with E-state index in [0.717, 1.165) is 22.2 Å². The molecular weight excluding hydrogens is 306 g/mol. The van der Waals surface area contributed by atoms with Crippen molar-refractivity contribution in [3.8, 4) is 17.2 Å². The Bertz CT molecular complexity index is 977. The van der Waals surface area contributed by atoms with E-state index in [0.29, 0.717) is 18.4 Å². The predicted molar refractivity (Wildman–Crippen MR) is 89.2 cm³/mol. The number of nitrogens with one attached hydrogen (secondary N) is 1. The summed E-state index contributed by atoms with van der Waals surface area (Å²) in [6, 6.07) is 14.8. The summed E-state index contributed by atoms with van der Waals surface area (Å²) >= 11 is 0. The van der Waals surface area contributed by atoms with Crippen LogP contribution in [0.3, 0.4) is 0 Å². The number of carbonyl (C=O) groups is 1. The number of nitrogens with zero attached hydrogens (tertiary/aromatic N) is 2. The van der Waals surface area contributed by atoms with Crippen molar-refractivity contribution in [2.75, 3.05) is 0 Å². The fourth-order valence-electron chi connectivity index (χ4n) is 2.60. The van der Waals surface area contributed by atoms with Crippen LogP contribution in [0.15, 0.2) is 51.7 Å². The van der Waals surface area contributed by atoms with E-state index in [-0.39, 0.29) is 5.76 Å². The van der Waals surface area contributed by atoms with Gasteiger partial charge in [-0.05, 0) is 28.8 Å². The number of rotatable bonds is 5. The molecule has 0 aliphatic heterocycles. The number of aromatic nitrogens is 1. The van der Waals surface area contributed by atoms with E-state index < -0.39 is 6.04 Å². The van der Waals surface area contributed by atoms with Crippen LogP contribution in [0, 0.1) is 11.3 Å². The fraction of sp³-hybridized carbons (Fsp3) is 0.167. The quantitative estimate of drug-likeness (QED) is 0.728. The van der Waals surface area contributed by atoms with Gasteiger partial charge in [0.05, 0.1) is 11.6 Å². The molecule has 1 amide bonds. The first-order valence-corrected chi connectivity index (χ1v) is 7.40. The highest BCUT2D eigenvalue weighted by molar-refractivity contribution is 5.80. The van der Waals surface area contributed by atoms with Crippen LogP contribution in [-0.2, 0) is 18.3 Å². The molecule has 0 fully saturated rings. The molecule has 1 heterocycles. The maximum Gasteiger partial charge on any atom is 0.419 e. The number of hydrogen-bond donors (Lipinski definition) is 1. The van der Waals surface area contributed by atoms with Crippen LogP contribution < -0.4 is 11.1 Å². The molecule has 120 valence electrons. The number of benzene rings is 2. The zero-order valence-corrected chi connectivity index (χ0v) is 13.0. The zero-order chi connectivity index (χ0) is 17.1. The maximum absolute atomic E-state index is 11.6. The minimum Gasteiger partial charge on any atom is -0.408 e. The van der Waals surface area contributed by atoms with Crippen LogP contribution in [0.1, 0.15) is 5.56 Å². The van der Waals surface area contributed by atoms with Crippen molar-refractivity contribution in [1.29, 1.82) is 5.26 Å². The highest BCUT2D eigenvalue weighted by Gasteiger charge is 2.09. The van der Waals surface area contributed by atoms with Gasteiger partial charge in [-0.3, -0.25) is 9.36 Å². The van der Waals surface area contributed by atoms with Gasteiger partial charge in [-0.15, -0.1) is 0 Å². The number of oxazole rings is 1. The standard InChI is InChI=1S/C18H15N3O3/c1-21-16-9-14(6-7-17(16)24-18(21)23)13-4-2-12(3-5-13)8-15(10-19)20-11-22/h2-7,9,11,15H,8H2,1H3,(H,20,22)/t15-/m0/s1. The first-order valence-electron chi connectivity index (χ1n) is 7.40. The van der Waals surface area contributed by atoms with Crippen LogP contribution in [0.25, 0.3) is 22.2 Å². The van der Waals surface area contributed by atoms with Crippen molar-refractivity contribution in [2.45, 2.75) is 12.5 Å². The average Bonchev–Trinajstić information content (AvgIpc) is 2.89. The number of fused-ring (bicyclic) bond motifs is 1. The first kappa shape index (κ1) is 15.6. The van der Waals surface area contributed by atoms with E-state index in [9.17, 15) is 9.59 Å². The second-order valence-corrected chi connectivity index (χ2v) is 5.48. The summed E-state index contributed by atoms with van der Waals surface area (Å²) in [7, 11) is 1.67. The first-order chi connectivity index (χ1) is 11.6. The smallest absolute Gasteiger partial charge is 0.408 e. The lowest BCUT2D eigenvalue weighted by Gasteiger charge is -2.08. The maximum atomic E-state index is 11.6. The fourth-order valence-corrected chi connectivity index (χ4v) is 2.60. The molecule has 3 rings (SSSR count). The molecule has 0 radical (unpaired) electrons. The molecule has 0 spiro atoms. The molecular formula is C18H15N3O3. The molecule has 0 aliphatic rings. The van der Waals surface area contributed by atoms with Gasteiger partial charge in [0.2, 0.25) is 6.41 Å². The summed E-state index contributed by atoms with van der Waals surface area (Å²) in [6.45, 7) is 0. The summed E-state index contributed by atoms with van der Waals surface area (Å²) < 4.78 is 6.60. The Morgan fingerprint density at radius 1 is 1.25 bits per heavy atom. The van der Waals surface area contributed by atoms with Crippen molar-refractivity contribution >= 4 is 17.5 Å². The monoisotopic (exact) mass is 321 g/mol. The van der Waals surface area contributed by atoms with Gasteiger partial charge in [0.15, 0.2) is 5.58 Å². The molecule has 1 atom stereocenters. The van der Waals surface area contributed by atoms with Gasteiger partial charge in [0.1, 0.15) is 6.04 Å². The third-order valence-corrected chi connectivity index (χ3v) is 3.94. The second kappa shape index (κ2) is 6.42. The Labute approximate surface area is 137 Å². The predicted octanol–water partition coefficient (Wildman–Crippen LogP) is 1.98. The molecule has 6 nitrogen and oxygen atoms in total. The molecule has 2 aromatic carbocycles. The number of amides is 1. The van der Waals surface area contributed by atoms with Crippen molar-refractivity contribution in [1.82, 2.24) is 9.88 Å².